The van der Waals surface area contributed by atoms with Crippen LogP contribution in [0.5, 0.6) is 11.5 Å². The topological polar surface area (TPSA) is 56.8 Å². The number of hydrogen-bond donors (Lipinski definition) is 1. The Morgan fingerprint density at radius 3 is 2.29 bits per heavy atom. The fraction of sp³-hybridized carbons (Fsp3) is 0.435. The van der Waals surface area contributed by atoms with Gasteiger partial charge in [0, 0.05) is 25.7 Å². The van der Waals surface area contributed by atoms with Gasteiger partial charge in [-0.3, -0.25) is 4.79 Å². The van der Waals surface area contributed by atoms with Crippen LogP contribution in [0.2, 0.25) is 0 Å². The molecule has 1 amide bonds. The van der Waals surface area contributed by atoms with Gasteiger partial charge < -0.3 is 19.5 Å². The summed E-state index contributed by atoms with van der Waals surface area (Å²) in [6, 6.07) is 10.6. The Kier molecular flexibility index (Phi) is 7.10. The molecule has 0 radical (unpaired) electrons. The molecule has 1 aliphatic rings. The maximum atomic E-state index is 13.2. The van der Waals surface area contributed by atoms with Crippen molar-refractivity contribution in [3.8, 4) is 11.5 Å². The van der Waals surface area contributed by atoms with Gasteiger partial charge in [-0.2, -0.15) is 13.2 Å². The molecule has 2 aromatic carbocycles. The van der Waals surface area contributed by atoms with E-state index in [1.807, 2.05) is 12.1 Å². The highest BCUT2D eigenvalue weighted by molar-refractivity contribution is 5.77. The summed E-state index contributed by atoms with van der Waals surface area (Å²) >= 11 is 0. The molecule has 1 fully saturated rings. The van der Waals surface area contributed by atoms with Gasteiger partial charge in [0.1, 0.15) is 11.5 Å². The van der Waals surface area contributed by atoms with E-state index in [4.69, 9.17) is 14.2 Å². The number of carbonyl (C=O) groups is 1. The number of amides is 1. The van der Waals surface area contributed by atoms with Crippen LogP contribution < -0.4 is 14.8 Å². The molecular weight excluding hydrogens is 411 g/mol. The summed E-state index contributed by atoms with van der Waals surface area (Å²) in [7, 11) is 3.10. The number of alkyl halides is 3. The minimum Gasteiger partial charge on any atom is -0.497 e. The van der Waals surface area contributed by atoms with Crippen LogP contribution in [0, 0.1) is 0 Å². The van der Waals surface area contributed by atoms with Crippen LogP contribution in [0.25, 0.3) is 0 Å². The number of methoxy groups -OCH3 is 2. The molecule has 0 spiro atoms. The first-order valence-electron chi connectivity index (χ1n) is 10.0. The molecule has 0 bridgehead atoms. The molecule has 0 atom stereocenters. The average Bonchev–Trinajstić information content (AvgIpc) is 2.77. The number of aryl methyl sites for hydroxylation is 1. The second-order valence-electron chi connectivity index (χ2n) is 7.54. The quantitative estimate of drug-likeness (QED) is 0.694. The summed E-state index contributed by atoms with van der Waals surface area (Å²) in [5.41, 5.74) is -0.301. The Hall–Kier alpha value is -2.74. The number of rotatable bonds is 7. The molecule has 1 N–H and O–H groups in total. The molecule has 5 nitrogen and oxygen atoms in total. The molecule has 0 unspecified atom stereocenters. The molecular formula is C23H26F3NO4. The number of nitrogens with one attached hydrogen (secondary N) is 1. The summed E-state index contributed by atoms with van der Waals surface area (Å²) in [6.07, 6.45) is -3.01. The van der Waals surface area contributed by atoms with Gasteiger partial charge in [-0.15, -0.1) is 0 Å². The van der Waals surface area contributed by atoms with Gasteiger partial charge in [0.05, 0.1) is 25.3 Å². The summed E-state index contributed by atoms with van der Waals surface area (Å²) in [6.45, 7) is 0.729. The molecule has 0 aromatic heterocycles. The van der Waals surface area contributed by atoms with Crippen LogP contribution in [0.3, 0.4) is 0 Å². The SMILES string of the molecule is COc1cc(CCC(=O)NC2(c3cccc(C(F)(F)F)c3)CCOCC2)cc(OC)c1. The Morgan fingerprint density at radius 1 is 1.06 bits per heavy atom. The first kappa shape index (κ1) is 22.9. The molecule has 1 heterocycles. The highest BCUT2D eigenvalue weighted by Crippen LogP contribution is 2.36. The van der Waals surface area contributed by atoms with Crippen molar-refractivity contribution in [2.75, 3.05) is 27.4 Å². The van der Waals surface area contributed by atoms with Gasteiger partial charge in [-0.05, 0) is 54.7 Å². The molecule has 168 valence electrons. The first-order chi connectivity index (χ1) is 14.8. The molecule has 3 rings (SSSR count). The lowest BCUT2D eigenvalue weighted by Gasteiger charge is -2.39. The molecule has 2 aromatic rings. The Morgan fingerprint density at radius 2 is 1.71 bits per heavy atom. The minimum atomic E-state index is -4.45. The number of ether oxygens (including phenoxy) is 3. The fourth-order valence-electron chi connectivity index (χ4n) is 3.80. The maximum absolute atomic E-state index is 13.2. The standard InChI is InChI=1S/C23H26F3NO4/c1-29-19-12-16(13-20(15-19)30-2)6-7-21(28)27-22(8-10-31-11-9-22)17-4-3-5-18(14-17)23(24,25)26/h3-5,12-15H,6-11H2,1-2H3,(H,27,28). The third-order valence-electron chi connectivity index (χ3n) is 5.52. The van der Waals surface area contributed by atoms with Gasteiger partial charge in [0.15, 0.2) is 0 Å². The monoisotopic (exact) mass is 437 g/mol. The van der Waals surface area contributed by atoms with Crippen LogP contribution in [-0.2, 0) is 27.7 Å². The smallest absolute Gasteiger partial charge is 0.416 e. The van der Waals surface area contributed by atoms with E-state index in [1.54, 1.807) is 26.4 Å². The zero-order valence-corrected chi connectivity index (χ0v) is 17.6. The summed E-state index contributed by atoms with van der Waals surface area (Å²) in [4.78, 5) is 12.8. The molecule has 31 heavy (non-hydrogen) atoms. The van der Waals surface area contributed by atoms with E-state index in [0.717, 1.165) is 17.7 Å². The number of benzene rings is 2. The van der Waals surface area contributed by atoms with Crippen molar-refractivity contribution in [3.05, 3.63) is 59.2 Å². The van der Waals surface area contributed by atoms with Crippen LogP contribution >= 0.6 is 0 Å². The average molecular weight is 437 g/mol. The van der Waals surface area contributed by atoms with Gasteiger partial charge in [0.2, 0.25) is 5.91 Å². The van der Waals surface area contributed by atoms with Crippen molar-refractivity contribution < 1.29 is 32.2 Å². The van der Waals surface area contributed by atoms with Gasteiger partial charge >= 0.3 is 6.18 Å². The number of halogens is 3. The number of hydrogen-bond acceptors (Lipinski definition) is 4. The van der Waals surface area contributed by atoms with E-state index < -0.39 is 17.3 Å². The molecule has 0 aliphatic carbocycles. The van der Waals surface area contributed by atoms with Crippen molar-refractivity contribution in [3.63, 3.8) is 0 Å². The van der Waals surface area contributed by atoms with Gasteiger partial charge in [0.25, 0.3) is 0 Å². The lowest BCUT2D eigenvalue weighted by atomic mass is 9.81. The van der Waals surface area contributed by atoms with Crippen molar-refractivity contribution >= 4 is 5.91 Å². The highest BCUT2D eigenvalue weighted by atomic mass is 19.4. The minimum absolute atomic E-state index is 0.178. The normalized spacial score (nSPS) is 15.9. The van der Waals surface area contributed by atoms with Crippen molar-refractivity contribution in [1.82, 2.24) is 5.32 Å². The zero-order valence-electron chi connectivity index (χ0n) is 17.6. The Labute approximate surface area is 179 Å². The second kappa shape index (κ2) is 9.60. The lowest BCUT2D eigenvalue weighted by molar-refractivity contribution is -0.137. The van der Waals surface area contributed by atoms with E-state index in [-0.39, 0.29) is 12.3 Å². The van der Waals surface area contributed by atoms with Crippen LogP contribution in [0.15, 0.2) is 42.5 Å². The predicted octanol–water partition coefficient (Wildman–Crippen LogP) is 4.48. The van der Waals surface area contributed by atoms with E-state index in [1.165, 1.54) is 6.07 Å². The van der Waals surface area contributed by atoms with E-state index in [2.05, 4.69) is 5.32 Å². The summed E-state index contributed by atoms with van der Waals surface area (Å²) in [5, 5.41) is 3.01. The molecule has 1 saturated heterocycles. The Bertz CT molecular complexity index is 886. The van der Waals surface area contributed by atoms with E-state index >= 15 is 0 Å². The molecule has 8 heteroatoms. The third kappa shape index (κ3) is 5.70. The van der Waals surface area contributed by atoms with Crippen molar-refractivity contribution in [2.24, 2.45) is 0 Å². The summed E-state index contributed by atoms with van der Waals surface area (Å²) < 4.78 is 55.6. The van der Waals surface area contributed by atoms with E-state index in [0.29, 0.717) is 49.5 Å². The second-order valence-corrected chi connectivity index (χ2v) is 7.54. The van der Waals surface area contributed by atoms with Crippen LogP contribution in [-0.4, -0.2) is 33.3 Å². The largest absolute Gasteiger partial charge is 0.497 e. The lowest BCUT2D eigenvalue weighted by Crippen LogP contribution is -2.49. The van der Waals surface area contributed by atoms with Gasteiger partial charge in [-0.25, -0.2) is 0 Å². The zero-order chi connectivity index (χ0) is 22.5. The van der Waals surface area contributed by atoms with Crippen LogP contribution in [0.1, 0.15) is 36.0 Å². The molecule has 0 saturated carbocycles. The van der Waals surface area contributed by atoms with E-state index in [9.17, 15) is 18.0 Å². The summed E-state index contributed by atoms with van der Waals surface area (Å²) in [5.74, 6) is 1.01. The number of carbonyl (C=O) groups excluding carboxylic acids is 1. The first-order valence-corrected chi connectivity index (χ1v) is 10.0. The van der Waals surface area contributed by atoms with Crippen molar-refractivity contribution in [1.29, 1.82) is 0 Å². The fourth-order valence-corrected chi connectivity index (χ4v) is 3.80. The van der Waals surface area contributed by atoms with Crippen molar-refractivity contribution in [2.45, 2.75) is 37.4 Å². The van der Waals surface area contributed by atoms with Gasteiger partial charge in [-0.1, -0.05) is 12.1 Å². The highest BCUT2D eigenvalue weighted by Gasteiger charge is 2.38. The third-order valence-corrected chi connectivity index (χ3v) is 5.52. The van der Waals surface area contributed by atoms with Crippen LogP contribution in [0.4, 0.5) is 13.2 Å². The molecule has 1 aliphatic heterocycles. The Balaban J connectivity index is 1.77. The predicted molar refractivity (Wildman–Crippen MR) is 109 cm³/mol. The maximum Gasteiger partial charge on any atom is 0.416 e.